The lowest BCUT2D eigenvalue weighted by Crippen LogP contribution is -2.13. The molecule has 0 saturated carbocycles. The Balaban J connectivity index is 1.92. The number of hydrogen-bond acceptors (Lipinski definition) is 5. The fourth-order valence-electron chi connectivity index (χ4n) is 1.84. The molecule has 0 fully saturated rings. The SMILES string of the molecule is CCCCOc1ccc(-c2nnc(CNCCC)s2)cc1. The summed E-state index contributed by atoms with van der Waals surface area (Å²) in [5.74, 6) is 0.918. The van der Waals surface area contributed by atoms with Gasteiger partial charge >= 0.3 is 0 Å². The van der Waals surface area contributed by atoms with Crippen molar-refractivity contribution in [3.63, 3.8) is 0 Å². The van der Waals surface area contributed by atoms with Gasteiger partial charge in [-0.3, -0.25) is 0 Å². The van der Waals surface area contributed by atoms with Gasteiger partial charge in [-0.25, -0.2) is 0 Å². The predicted octanol–water partition coefficient (Wildman–Crippen LogP) is 3.88. The molecule has 0 radical (unpaired) electrons. The van der Waals surface area contributed by atoms with Crippen LogP contribution in [0.25, 0.3) is 10.6 Å². The molecule has 2 aromatic rings. The molecule has 5 heteroatoms. The van der Waals surface area contributed by atoms with E-state index in [0.29, 0.717) is 0 Å². The van der Waals surface area contributed by atoms with Crippen LogP contribution < -0.4 is 10.1 Å². The fourth-order valence-corrected chi connectivity index (χ4v) is 2.66. The van der Waals surface area contributed by atoms with E-state index in [0.717, 1.165) is 60.3 Å². The topological polar surface area (TPSA) is 47.0 Å². The van der Waals surface area contributed by atoms with Gasteiger partial charge in [-0.15, -0.1) is 10.2 Å². The van der Waals surface area contributed by atoms with Gasteiger partial charge in [-0.2, -0.15) is 0 Å². The lowest BCUT2D eigenvalue weighted by Gasteiger charge is -2.05. The third-order valence-electron chi connectivity index (χ3n) is 3.04. The lowest BCUT2D eigenvalue weighted by molar-refractivity contribution is 0.309. The zero-order valence-electron chi connectivity index (χ0n) is 12.8. The van der Waals surface area contributed by atoms with Crippen LogP contribution in [0.2, 0.25) is 0 Å². The minimum atomic E-state index is 0.780. The first-order chi connectivity index (χ1) is 10.3. The van der Waals surface area contributed by atoms with Gasteiger partial charge in [0.15, 0.2) is 0 Å². The predicted molar refractivity (Wildman–Crippen MR) is 87.7 cm³/mol. The Labute approximate surface area is 130 Å². The van der Waals surface area contributed by atoms with Crippen molar-refractivity contribution in [3.05, 3.63) is 29.3 Å². The molecule has 1 aromatic carbocycles. The Bertz CT molecular complexity index is 525. The van der Waals surface area contributed by atoms with Crippen molar-refractivity contribution in [1.29, 1.82) is 0 Å². The van der Waals surface area contributed by atoms with Crippen LogP contribution >= 0.6 is 11.3 Å². The maximum atomic E-state index is 5.67. The van der Waals surface area contributed by atoms with Gasteiger partial charge in [0.05, 0.1) is 6.61 Å². The van der Waals surface area contributed by atoms with E-state index in [1.54, 1.807) is 11.3 Å². The van der Waals surface area contributed by atoms with E-state index in [-0.39, 0.29) is 0 Å². The van der Waals surface area contributed by atoms with Gasteiger partial charge in [0.25, 0.3) is 0 Å². The maximum absolute atomic E-state index is 5.67. The van der Waals surface area contributed by atoms with Crippen molar-refractivity contribution in [2.75, 3.05) is 13.2 Å². The number of benzene rings is 1. The molecule has 0 amide bonds. The summed E-state index contributed by atoms with van der Waals surface area (Å²) in [6, 6.07) is 8.10. The highest BCUT2D eigenvalue weighted by atomic mass is 32.1. The number of hydrogen-bond donors (Lipinski definition) is 1. The molecule has 0 aliphatic heterocycles. The molecule has 1 aromatic heterocycles. The third kappa shape index (κ3) is 5.10. The van der Waals surface area contributed by atoms with E-state index in [2.05, 4.69) is 29.4 Å². The Kier molecular flexibility index (Phi) is 6.63. The molecule has 0 unspecified atom stereocenters. The van der Waals surface area contributed by atoms with Crippen molar-refractivity contribution in [3.8, 4) is 16.3 Å². The summed E-state index contributed by atoms with van der Waals surface area (Å²) in [7, 11) is 0. The monoisotopic (exact) mass is 305 g/mol. The highest BCUT2D eigenvalue weighted by Crippen LogP contribution is 2.25. The second-order valence-electron chi connectivity index (χ2n) is 4.90. The number of aromatic nitrogens is 2. The first-order valence-electron chi connectivity index (χ1n) is 7.59. The molecular formula is C16H23N3OS. The molecule has 114 valence electrons. The van der Waals surface area contributed by atoms with Gasteiger partial charge in [0, 0.05) is 12.1 Å². The standard InChI is InChI=1S/C16H23N3OS/c1-3-5-11-20-14-8-6-13(7-9-14)16-19-18-15(21-16)12-17-10-4-2/h6-9,17H,3-5,10-12H2,1-2H3. The van der Waals surface area contributed by atoms with Crippen molar-refractivity contribution in [1.82, 2.24) is 15.5 Å². The molecule has 21 heavy (non-hydrogen) atoms. The minimum Gasteiger partial charge on any atom is -0.494 e. The first kappa shape index (κ1) is 15.9. The third-order valence-corrected chi connectivity index (χ3v) is 4.01. The largest absolute Gasteiger partial charge is 0.494 e. The van der Waals surface area contributed by atoms with Crippen LogP contribution in [0.15, 0.2) is 24.3 Å². The van der Waals surface area contributed by atoms with Gasteiger partial charge in [-0.1, -0.05) is 31.6 Å². The molecule has 1 N–H and O–H groups in total. The maximum Gasteiger partial charge on any atom is 0.147 e. The Morgan fingerprint density at radius 3 is 2.62 bits per heavy atom. The lowest BCUT2D eigenvalue weighted by atomic mass is 10.2. The average molecular weight is 305 g/mol. The normalized spacial score (nSPS) is 10.8. The van der Waals surface area contributed by atoms with Gasteiger partial charge in [0.2, 0.25) is 0 Å². The van der Waals surface area contributed by atoms with Gasteiger partial charge in [-0.05, 0) is 43.7 Å². The van der Waals surface area contributed by atoms with Gasteiger partial charge < -0.3 is 10.1 Å². The fraction of sp³-hybridized carbons (Fsp3) is 0.500. The molecule has 2 rings (SSSR count). The van der Waals surface area contributed by atoms with Gasteiger partial charge in [0.1, 0.15) is 15.8 Å². The second kappa shape index (κ2) is 8.74. The summed E-state index contributed by atoms with van der Waals surface area (Å²) in [4.78, 5) is 0. The van der Waals surface area contributed by atoms with Crippen LogP contribution in [0, 0.1) is 0 Å². The smallest absolute Gasteiger partial charge is 0.147 e. The number of nitrogens with zero attached hydrogens (tertiary/aromatic N) is 2. The zero-order valence-corrected chi connectivity index (χ0v) is 13.6. The molecule has 4 nitrogen and oxygen atoms in total. The molecule has 0 atom stereocenters. The van der Waals surface area contributed by atoms with Crippen molar-refractivity contribution >= 4 is 11.3 Å². The quantitative estimate of drug-likeness (QED) is 0.714. The van der Waals surface area contributed by atoms with Crippen molar-refractivity contribution < 1.29 is 4.74 Å². The summed E-state index contributed by atoms with van der Waals surface area (Å²) in [6.07, 6.45) is 3.37. The van der Waals surface area contributed by atoms with E-state index in [4.69, 9.17) is 4.74 Å². The summed E-state index contributed by atoms with van der Waals surface area (Å²) >= 11 is 1.64. The summed E-state index contributed by atoms with van der Waals surface area (Å²) < 4.78 is 5.67. The second-order valence-corrected chi connectivity index (χ2v) is 5.97. The number of ether oxygens (including phenoxy) is 1. The molecule has 0 saturated heterocycles. The summed E-state index contributed by atoms with van der Waals surface area (Å²) in [5, 5.41) is 13.8. The van der Waals surface area contributed by atoms with Crippen LogP contribution in [-0.2, 0) is 6.54 Å². The van der Waals surface area contributed by atoms with Crippen LogP contribution in [0.4, 0.5) is 0 Å². The molecule has 0 bridgehead atoms. The van der Waals surface area contributed by atoms with E-state index >= 15 is 0 Å². The number of unbranched alkanes of at least 4 members (excludes halogenated alkanes) is 1. The van der Waals surface area contributed by atoms with E-state index < -0.39 is 0 Å². The Hall–Kier alpha value is -1.46. The van der Waals surface area contributed by atoms with E-state index in [1.807, 2.05) is 24.3 Å². The number of nitrogens with one attached hydrogen (secondary N) is 1. The highest BCUT2D eigenvalue weighted by molar-refractivity contribution is 7.14. The first-order valence-corrected chi connectivity index (χ1v) is 8.41. The van der Waals surface area contributed by atoms with Crippen LogP contribution in [0.3, 0.4) is 0 Å². The van der Waals surface area contributed by atoms with Crippen molar-refractivity contribution in [2.45, 2.75) is 39.7 Å². The average Bonchev–Trinajstić information content (AvgIpc) is 2.97. The molecular weight excluding hydrogens is 282 g/mol. The minimum absolute atomic E-state index is 0.780. The Morgan fingerprint density at radius 2 is 1.90 bits per heavy atom. The van der Waals surface area contributed by atoms with Crippen molar-refractivity contribution in [2.24, 2.45) is 0 Å². The molecule has 1 heterocycles. The molecule has 0 aliphatic carbocycles. The summed E-state index contributed by atoms with van der Waals surface area (Å²) in [6.45, 7) is 6.90. The molecule has 0 spiro atoms. The molecule has 0 aliphatic rings. The summed E-state index contributed by atoms with van der Waals surface area (Å²) in [5.41, 5.74) is 1.09. The number of rotatable bonds is 9. The highest BCUT2D eigenvalue weighted by Gasteiger charge is 2.06. The van der Waals surface area contributed by atoms with Crippen LogP contribution in [0.1, 0.15) is 38.1 Å². The van der Waals surface area contributed by atoms with Crippen LogP contribution in [-0.4, -0.2) is 23.3 Å². The van der Waals surface area contributed by atoms with E-state index in [1.165, 1.54) is 0 Å². The Morgan fingerprint density at radius 1 is 1.10 bits per heavy atom. The van der Waals surface area contributed by atoms with E-state index in [9.17, 15) is 0 Å². The van der Waals surface area contributed by atoms with Crippen LogP contribution in [0.5, 0.6) is 5.75 Å². The zero-order chi connectivity index (χ0) is 14.9.